The van der Waals surface area contributed by atoms with Gasteiger partial charge in [0.25, 0.3) is 0 Å². The number of carboxylic acids is 1. The molecular weight excluding hydrogens is 186 g/mol. The van der Waals surface area contributed by atoms with Crippen molar-refractivity contribution in [2.24, 2.45) is 0 Å². The summed E-state index contributed by atoms with van der Waals surface area (Å²) in [5.74, 6) is -0.556. The molecule has 0 saturated carbocycles. The number of aromatic amines is 1. The summed E-state index contributed by atoms with van der Waals surface area (Å²) in [6.07, 6.45) is 0. The van der Waals surface area contributed by atoms with Crippen LogP contribution in [0.4, 0.5) is 11.5 Å². The zero-order chi connectivity index (χ0) is 10.3. The van der Waals surface area contributed by atoms with Gasteiger partial charge in [0.05, 0.1) is 12.2 Å². The number of aromatic carboxylic acids is 1. The molecule has 0 aliphatic carbocycles. The average molecular weight is 195 g/mol. The van der Waals surface area contributed by atoms with Crippen LogP contribution in [0.15, 0.2) is 6.07 Å². The molecule has 6 heteroatoms. The molecule has 3 N–H and O–H groups in total. The molecule has 74 valence electrons. The third kappa shape index (κ3) is 1.20. The summed E-state index contributed by atoms with van der Waals surface area (Å²) >= 11 is 0. The number of amides is 1. The molecule has 14 heavy (non-hydrogen) atoms. The molecule has 2 heterocycles. The van der Waals surface area contributed by atoms with Gasteiger partial charge in [-0.2, -0.15) is 0 Å². The van der Waals surface area contributed by atoms with Crippen molar-refractivity contribution in [1.29, 1.82) is 0 Å². The smallest absolute Gasteiger partial charge is 0.352 e. The van der Waals surface area contributed by atoms with E-state index < -0.39 is 5.97 Å². The van der Waals surface area contributed by atoms with E-state index in [1.807, 2.05) is 0 Å². The lowest BCUT2D eigenvalue weighted by atomic mass is 10.3. The Kier molecular flexibility index (Phi) is 1.70. The van der Waals surface area contributed by atoms with Crippen molar-refractivity contribution >= 4 is 23.4 Å². The van der Waals surface area contributed by atoms with Crippen molar-refractivity contribution in [3.63, 3.8) is 0 Å². The Morgan fingerprint density at radius 1 is 1.64 bits per heavy atom. The van der Waals surface area contributed by atoms with Gasteiger partial charge in [-0.25, -0.2) is 4.79 Å². The molecule has 0 bridgehead atoms. The Morgan fingerprint density at radius 2 is 2.36 bits per heavy atom. The number of H-pyrrole nitrogens is 1. The predicted octanol–water partition coefficient (Wildman–Crippen LogP) is 0.101. The van der Waals surface area contributed by atoms with E-state index in [2.05, 4.69) is 10.3 Å². The minimum atomic E-state index is -1.04. The molecular formula is C8H9N3O3. The molecule has 1 aliphatic rings. The molecule has 6 nitrogen and oxygen atoms in total. The monoisotopic (exact) mass is 195 g/mol. The number of rotatable bonds is 1. The Morgan fingerprint density at radius 3 is 3.00 bits per heavy atom. The maximum atomic E-state index is 11.1. The number of aromatic nitrogens is 1. The van der Waals surface area contributed by atoms with Gasteiger partial charge in [-0.3, -0.25) is 4.79 Å². The van der Waals surface area contributed by atoms with Crippen LogP contribution < -0.4 is 10.2 Å². The SMILES string of the molecule is CN1CC(=O)Nc2cc(C(=O)O)[nH]c21. The van der Waals surface area contributed by atoms with Crippen molar-refractivity contribution in [3.05, 3.63) is 11.8 Å². The third-order valence-corrected chi connectivity index (χ3v) is 2.06. The van der Waals surface area contributed by atoms with Gasteiger partial charge in [0.1, 0.15) is 11.5 Å². The van der Waals surface area contributed by atoms with Crippen LogP contribution >= 0.6 is 0 Å². The average Bonchev–Trinajstić information content (AvgIpc) is 2.47. The van der Waals surface area contributed by atoms with Crippen LogP contribution in [0.25, 0.3) is 0 Å². The van der Waals surface area contributed by atoms with E-state index in [1.54, 1.807) is 11.9 Å². The first-order valence-electron chi connectivity index (χ1n) is 4.05. The molecule has 0 saturated heterocycles. The lowest BCUT2D eigenvalue weighted by Gasteiger charge is -2.23. The summed E-state index contributed by atoms with van der Waals surface area (Å²) in [5, 5.41) is 11.3. The van der Waals surface area contributed by atoms with Gasteiger partial charge in [-0.15, -0.1) is 0 Å². The normalized spacial score (nSPS) is 14.9. The largest absolute Gasteiger partial charge is 0.477 e. The van der Waals surface area contributed by atoms with Crippen LogP contribution in [0, 0.1) is 0 Å². The zero-order valence-electron chi connectivity index (χ0n) is 7.50. The van der Waals surface area contributed by atoms with E-state index in [1.165, 1.54) is 6.07 Å². The number of hydrogen-bond donors (Lipinski definition) is 3. The number of carbonyl (C=O) groups is 2. The number of likely N-dealkylation sites (N-methyl/N-ethyl adjacent to an activating group) is 1. The van der Waals surface area contributed by atoms with Crippen molar-refractivity contribution in [1.82, 2.24) is 4.98 Å². The Labute approximate surface area is 79.5 Å². The molecule has 0 unspecified atom stereocenters. The van der Waals surface area contributed by atoms with Gasteiger partial charge in [0.2, 0.25) is 5.91 Å². The van der Waals surface area contributed by atoms with Crippen molar-refractivity contribution in [3.8, 4) is 0 Å². The highest BCUT2D eigenvalue weighted by atomic mass is 16.4. The number of carbonyl (C=O) groups excluding carboxylic acids is 1. The summed E-state index contributed by atoms with van der Waals surface area (Å²) in [4.78, 5) is 26.1. The number of carboxylic acid groups (broad SMARTS) is 1. The first-order valence-corrected chi connectivity index (χ1v) is 4.05. The molecule has 0 aromatic carbocycles. The van der Waals surface area contributed by atoms with Crippen LogP contribution in [-0.2, 0) is 4.79 Å². The van der Waals surface area contributed by atoms with Gasteiger partial charge < -0.3 is 20.3 Å². The Hall–Kier alpha value is -1.98. The van der Waals surface area contributed by atoms with Gasteiger partial charge in [0.15, 0.2) is 0 Å². The maximum absolute atomic E-state index is 11.1. The standard InChI is InChI=1S/C8H9N3O3/c1-11-3-6(12)9-4-2-5(8(13)14)10-7(4)11/h2,10H,3H2,1H3,(H,9,12)(H,13,14). The van der Waals surface area contributed by atoms with E-state index in [4.69, 9.17) is 5.11 Å². The van der Waals surface area contributed by atoms with Crippen LogP contribution in [-0.4, -0.2) is 35.6 Å². The number of anilines is 2. The number of hydrogen-bond acceptors (Lipinski definition) is 3. The fraction of sp³-hybridized carbons (Fsp3) is 0.250. The summed E-state index contributed by atoms with van der Waals surface area (Å²) in [6, 6.07) is 1.41. The minimum Gasteiger partial charge on any atom is -0.477 e. The van der Waals surface area contributed by atoms with Crippen molar-refractivity contribution < 1.29 is 14.7 Å². The number of nitrogens with zero attached hydrogens (tertiary/aromatic N) is 1. The topological polar surface area (TPSA) is 85.4 Å². The summed E-state index contributed by atoms with van der Waals surface area (Å²) in [6.45, 7) is 0.229. The molecule has 2 rings (SSSR count). The Bertz CT molecular complexity index is 410. The molecule has 1 aromatic rings. The fourth-order valence-corrected chi connectivity index (χ4v) is 1.44. The van der Waals surface area contributed by atoms with Gasteiger partial charge in [0, 0.05) is 7.05 Å². The van der Waals surface area contributed by atoms with Crippen LogP contribution in [0.1, 0.15) is 10.5 Å². The zero-order valence-corrected chi connectivity index (χ0v) is 7.50. The predicted molar refractivity (Wildman–Crippen MR) is 49.7 cm³/mol. The van der Waals surface area contributed by atoms with E-state index in [0.29, 0.717) is 11.5 Å². The van der Waals surface area contributed by atoms with Crippen LogP contribution in [0.3, 0.4) is 0 Å². The molecule has 0 radical (unpaired) electrons. The second-order valence-corrected chi connectivity index (χ2v) is 3.15. The highest BCUT2D eigenvalue weighted by Gasteiger charge is 2.23. The van der Waals surface area contributed by atoms with Gasteiger partial charge in [-0.05, 0) is 6.07 Å². The van der Waals surface area contributed by atoms with E-state index in [9.17, 15) is 9.59 Å². The molecule has 1 aliphatic heterocycles. The van der Waals surface area contributed by atoms with Crippen molar-refractivity contribution in [2.75, 3.05) is 23.8 Å². The summed E-state index contributed by atoms with van der Waals surface area (Å²) < 4.78 is 0. The summed E-state index contributed by atoms with van der Waals surface area (Å²) in [5.41, 5.74) is 0.588. The van der Waals surface area contributed by atoms with E-state index in [-0.39, 0.29) is 18.1 Å². The molecule has 0 spiro atoms. The Balaban J connectivity index is 2.45. The lowest BCUT2D eigenvalue weighted by molar-refractivity contribution is -0.115. The molecule has 0 atom stereocenters. The fourth-order valence-electron chi connectivity index (χ4n) is 1.44. The highest BCUT2D eigenvalue weighted by molar-refractivity contribution is 6.02. The van der Waals surface area contributed by atoms with Gasteiger partial charge >= 0.3 is 5.97 Å². The van der Waals surface area contributed by atoms with Crippen LogP contribution in [0.5, 0.6) is 0 Å². The molecule has 1 amide bonds. The maximum Gasteiger partial charge on any atom is 0.352 e. The quantitative estimate of drug-likeness (QED) is 0.593. The van der Waals surface area contributed by atoms with E-state index in [0.717, 1.165) is 0 Å². The van der Waals surface area contributed by atoms with Crippen molar-refractivity contribution in [2.45, 2.75) is 0 Å². The second-order valence-electron chi connectivity index (χ2n) is 3.15. The first kappa shape index (κ1) is 8.61. The minimum absolute atomic E-state index is 0.0732. The second kappa shape index (κ2) is 2.76. The number of nitrogens with one attached hydrogen (secondary N) is 2. The third-order valence-electron chi connectivity index (χ3n) is 2.06. The molecule has 0 fully saturated rings. The van der Waals surface area contributed by atoms with E-state index >= 15 is 0 Å². The van der Waals surface area contributed by atoms with Gasteiger partial charge in [-0.1, -0.05) is 0 Å². The number of fused-ring (bicyclic) bond motifs is 1. The lowest BCUT2D eigenvalue weighted by Crippen LogP contribution is -2.35. The summed E-state index contributed by atoms with van der Waals surface area (Å²) in [7, 11) is 1.72. The first-order chi connectivity index (χ1) is 6.58. The highest BCUT2D eigenvalue weighted by Crippen LogP contribution is 2.28. The molecule has 1 aromatic heterocycles. The van der Waals surface area contributed by atoms with Crippen LogP contribution in [0.2, 0.25) is 0 Å².